The van der Waals surface area contributed by atoms with Crippen molar-refractivity contribution in [2.75, 3.05) is 0 Å². The van der Waals surface area contributed by atoms with Crippen molar-refractivity contribution < 1.29 is 9.53 Å². The number of benzene rings is 1. The van der Waals surface area contributed by atoms with Crippen molar-refractivity contribution in [2.24, 2.45) is 11.3 Å². The van der Waals surface area contributed by atoms with E-state index in [2.05, 4.69) is 0 Å². The van der Waals surface area contributed by atoms with Crippen LogP contribution in [0.3, 0.4) is 0 Å². The molecule has 0 spiro atoms. The summed E-state index contributed by atoms with van der Waals surface area (Å²) in [6.07, 6.45) is 3.98. The molecule has 0 aliphatic heterocycles. The van der Waals surface area contributed by atoms with Crippen molar-refractivity contribution in [1.82, 2.24) is 0 Å². The highest BCUT2D eigenvalue weighted by molar-refractivity contribution is 5.78. The Labute approximate surface area is 103 Å². The first-order chi connectivity index (χ1) is 7.98. The van der Waals surface area contributed by atoms with Gasteiger partial charge in [-0.05, 0) is 38.8 Å². The van der Waals surface area contributed by atoms with E-state index in [1.165, 1.54) is 0 Å². The van der Waals surface area contributed by atoms with Gasteiger partial charge in [0.05, 0.1) is 5.41 Å². The Morgan fingerprint density at radius 1 is 1.29 bits per heavy atom. The van der Waals surface area contributed by atoms with Gasteiger partial charge >= 0.3 is 5.97 Å². The van der Waals surface area contributed by atoms with Crippen molar-refractivity contribution in [2.45, 2.75) is 27.7 Å². The van der Waals surface area contributed by atoms with Gasteiger partial charge in [-0.2, -0.15) is 0 Å². The second-order valence-corrected chi connectivity index (χ2v) is 4.74. The topological polar surface area (TPSA) is 26.3 Å². The van der Waals surface area contributed by atoms with Crippen LogP contribution in [0.1, 0.15) is 27.7 Å². The van der Waals surface area contributed by atoms with Gasteiger partial charge in [-0.1, -0.05) is 37.3 Å². The van der Waals surface area contributed by atoms with Crippen molar-refractivity contribution in [3.05, 3.63) is 42.5 Å². The van der Waals surface area contributed by atoms with Crippen LogP contribution in [0.4, 0.5) is 0 Å². The van der Waals surface area contributed by atoms with E-state index in [-0.39, 0.29) is 11.9 Å². The SMILES string of the molecule is C/C=C/C(C)C(C)(C)C(=O)Oc1ccccc1. The van der Waals surface area contributed by atoms with Gasteiger partial charge in [-0.25, -0.2) is 0 Å². The fourth-order valence-corrected chi connectivity index (χ4v) is 1.44. The minimum Gasteiger partial charge on any atom is -0.426 e. The van der Waals surface area contributed by atoms with Crippen molar-refractivity contribution in [3.63, 3.8) is 0 Å². The first-order valence-corrected chi connectivity index (χ1v) is 5.88. The molecule has 1 unspecified atom stereocenters. The van der Waals surface area contributed by atoms with Gasteiger partial charge in [0.1, 0.15) is 5.75 Å². The number of allylic oxidation sites excluding steroid dienone is 2. The predicted octanol–water partition coefficient (Wildman–Crippen LogP) is 3.83. The number of para-hydroxylation sites is 1. The van der Waals surface area contributed by atoms with E-state index < -0.39 is 5.41 Å². The van der Waals surface area contributed by atoms with Crippen molar-refractivity contribution in [3.8, 4) is 5.75 Å². The summed E-state index contributed by atoms with van der Waals surface area (Å²) in [5.74, 6) is 0.538. The average Bonchev–Trinajstić information content (AvgIpc) is 2.30. The Morgan fingerprint density at radius 3 is 2.41 bits per heavy atom. The normalized spacial score (nSPS) is 13.6. The Bertz CT molecular complexity index is 391. The lowest BCUT2D eigenvalue weighted by molar-refractivity contribution is -0.145. The van der Waals surface area contributed by atoms with Crippen LogP contribution in [-0.4, -0.2) is 5.97 Å². The molecular weight excluding hydrogens is 212 g/mol. The largest absolute Gasteiger partial charge is 0.426 e. The van der Waals surface area contributed by atoms with Gasteiger partial charge in [-0.15, -0.1) is 0 Å². The maximum absolute atomic E-state index is 12.1. The summed E-state index contributed by atoms with van der Waals surface area (Å²) in [4.78, 5) is 12.1. The van der Waals surface area contributed by atoms with Crippen LogP contribution in [0.25, 0.3) is 0 Å². The van der Waals surface area contributed by atoms with Gasteiger partial charge in [-0.3, -0.25) is 4.79 Å². The van der Waals surface area contributed by atoms with E-state index in [1.807, 2.05) is 58.0 Å². The fraction of sp³-hybridized carbons (Fsp3) is 0.400. The molecule has 0 radical (unpaired) electrons. The van der Waals surface area contributed by atoms with Gasteiger partial charge in [0.2, 0.25) is 0 Å². The maximum Gasteiger partial charge on any atom is 0.317 e. The molecule has 92 valence electrons. The van der Waals surface area contributed by atoms with Gasteiger partial charge in [0, 0.05) is 0 Å². The molecule has 0 aromatic heterocycles. The third-order valence-electron chi connectivity index (χ3n) is 3.10. The van der Waals surface area contributed by atoms with Gasteiger partial charge in [0.25, 0.3) is 0 Å². The summed E-state index contributed by atoms with van der Waals surface area (Å²) in [6.45, 7) is 7.78. The molecule has 2 nitrogen and oxygen atoms in total. The molecule has 2 heteroatoms. The summed E-state index contributed by atoms with van der Waals surface area (Å²) >= 11 is 0. The Kier molecular flexibility index (Phi) is 4.50. The lowest BCUT2D eigenvalue weighted by Gasteiger charge is -2.27. The summed E-state index contributed by atoms with van der Waals surface area (Å²) in [5.41, 5.74) is -0.525. The number of carbonyl (C=O) groups is 1. The van der Waals surface area contributed by atoms with E-state index >= 15 is 0 Å². The highest BCUT2D eigenvalue weighted by Crippen LogP contribution is 2.29. The lowest BCUT2D eigenvalue weighted by atomic mass is 9.80. The number of carbonyl (C=O) groups excluding carboxylic acids is 1. The minimum atomic E-state index is -0.525. The third-order valence-corrected chi connectivity index (χ3v) is 3.10. The molecule has 0 saturated heterocycles. The third kappa shape index (κ3) is 3.45. The van der Waals surface area contributed by atoms with E-state index in [0.717, 1.165) is 0 Å². The van der Waals surface area contributed by atoms with Crippen LogP contribution in [0.5, 0.6) is 5.75 Å². The summed E-state index contributed by atoms with van der Waals surface area (Å²) in [6, 6.07) is 9.17. The molecule has 0 saturated carbocycles. The highest BCUT2D eigenvalue weighted by atomic mass is 16.5. The van der Waals surface area contributed by atoms with Crippen molar-refractivity contribution >= 4 is 5.97 Å². The van der Waals surface area contributed by atoms with E-state index in [9.17, 15) is 4.79 Å². The molecule has 1 aromatic rings. The van der Waals surface area contributed by atoms with Gasteiger partial charge in [0.15, 0.2) is 0 Å². The molecule has 0 bridgehead atoms. The second kappa shape index (κ2) is 5.67. The molecule has 1 aromatic carbocycles. The number of rotatable bonds is 4. The molecule has 0 heterocycles. The fourth-order valence-electron chi connectivity index (χ4n) is 1.44. The molecule has 0 N–H and O–H groups in total. The number of hydrogen-bond acceptors (Lipinski definition) is 2. The Balaban J connectivity index is 2.76. The predicted molar refractivity (Wildman–Crippen MR) is 69.8 cm³/mol. The first kappa shape index (κ1) is 13.5. The molecule has 0 amide bonds. The maximum atomic E-state index is 12.1. The summed E-state index contributed by atoms with van der Waals surface area (Å²) < 4.78 is 5.37. The zero-order chi connectivity index (χ0) is 12.9. The molecule has 0 aliphatic carbocycles. The molecule has 1 rings (SSSR count). The Hall–Kier alpha value is -1.57. The first-order valence-electron chi connectivity index (χ1n) is 5.88. The van der Waals surface area contributed by atoms with Gasteiger partial charge < -0.3 is 4.74 Å². The monoisotopic (exact) mass is 232 g/mol. The van der Waals surface area contributed by atoms with E-state index in [0.29, 0.717) is 5.75 Å². The van der Waals surface area contributed by atoms with Crippen molar-refractivity contribution in [1.29, 1.82) is 0 Å². The lowest BCUT2D eigenvalue weighted by Crippen LogP contribution is -2.34. The van der Waals surface area contributed by atoms with E-state index in [1.54, 1.807) is 12.1 Å². The number of ether oxygens (including phenoxy) is 1. The quantitative estimate of drug-likeness (QED) is 0.448. The molecular formula is C15H20O2. The van der Waals surface area contributed by atoms with E-state index in [4.69, 9.17) is 4.74 Å². The van der Waals surface area contributed by atoms with Crippen LogP contribution < -0.4 is 4.74 Å². The molecule has 0 aliphatic rings. The van der Waals surface area contributed by atoms with Crippen LogP contribution in [0.15, 0.2) is 42.5 Å². The average molecular weight is 232 g/mol. The number of hydrogen-bond donors (Lipinski definition) is 0. The summed E-state index contributed by atoms with van der Waals surface area (Å²) in [7, 11) is 0. The summed E-state index contributed by atoms with van der Waals surface area (Å²) in [5, 5.41) is 0. The molecule has 17 heavy (non-hydrogen) atoms. The second-order valence-electron chi connectivity index (χ2n) is 4.74. The highest BCUT2D eigenvalue weighted by Gasteiger charge is 2.34. The van der Waals surface area contributed by atoms with Crippen LogP contribution in [-0.2, 0) is 4.79 Å². The standard InChI is InChI=1S/C15H20O2/c1-5-9-12(2)15(3,4)14(16)17-13-10-7-6-8-11-13/h5-12H,1-4H3/b9-5+. The zero-order valence-corrected chi connectivity index (χ0v) is 10.9. The Morgan fingerprint density at radius 2 is 1.88 bits per heavy atom. The molecule has 1 atom stereocenters. The number of esters is 1. The zero-order valence-electron chi connectivity index (χ0n) is 10.9. The molecule has 0 fully saturated rings. The smallest absolute Gasteiger partial charge is 0.317 e. The van der Waals surface area contributed by atoms with Crippen LogP contribution in [0.2, 0.25) is 0 Å². The van der Waals surface area contributed by atoms with Crippen LogP contribution in [0, 0.1) is 11.3 Å². The van der Waals surface area contributed by atoms with Crippen LogP contribution >= 0.6 is 0 Å². The minimum absolute atomic E-state index is 0.142.